The second-order valence-corrected chi connectivity index (χ2v) is 6.89. The minimum absolute atomic E-state index is 0.164. The van der Waals surface area contributed by atoms with Gasteiger partial charge in [-0.05, 0) is 62.5 Å². The number of ether oxygens (including phenoxy) is 1. The van der Waals surface area contributed by atoms with E-state index in [0.29, 0.717) is 16.7 Å². The van der Waals surface area contributed by atoms with Gasteiger partial charge in [0, 0.05) is 6.07 Å². The number of hydrogen-bond acceptors (Lipinski definition) is 2. The van der Waals surface area contributed by atoms with E-state index in [1.807, 2.05) is 0 Å². The summed E-state index contributed by atoms with van der Waals surface area (Å²) in [5.41, 5.74) is 0.672. The van der Waals surface area contributed by atoms with Crippen LogP contribution >= 0.6 is 0 Å². The van der Waals surface area contributed by atoms with Crippen LogP contribution < -0.4 is 4.74 Å². The van der Waals surface area contributed by atoms with Crippen LogP contribution in [0.5, 0.6) is 5.75 Å². The fraction of sp³-hybridized carbons (Fsp3) is 0.588. The predicted octanol–water partition coefficient (Wildman–Crippen LogP) is 4.40. The van der Waals surface area contributed by atoms with Crippen molar-refractivity contribution in [1.29, 1.82) is 0 Å². The molecule has 0 spiro atoms. The van der Waals surface area contributed by atoms with E-state index in [2.05, 4.69) is 6.92 Å². The number of carbonyl (C=O) groups excluding carboxylic acids is 1. The molecule has 108 valence electrons. The molecule has 2 nitrogen and oxygen atoms in total. The first-order valence-electron chi connectivity index (χ1n) is 7.41. The summed E-state index contributed by atoms with van der Waals surface area (Å²) in [4.78, 5) is 12.5. The lowest BCUT2D eigenvalue weighted by molar-refractivity contribution is -0.155. The van der Waals surface area contributed by atoms with Crippen molar-refractivity contribution in [3.63, 3.8) is 0 Å². The number of aryl methyl sites for hydroxylation is 1. The van der Waals surface area contributed by atoms with Crippen LogP contribution in [0.3, 0.4) is 0 Å². The van der Waals surface area contributed by atoms with Crippen LogP contribution in [0.4, 0.5) is 4.39 Å². The van der Waals surface area contributed by atoms with Crippen LogP contribution in [-0.2, 0) is 4.79 Å². The van der Waals surface area contributed by atoms with Gasteiger partial charge in [-0.15, -0.1) is 0 Å². The van der Waals surface area contributed by atoms with Crippen LogP contribution in [-0.4, -0.2) is 5.97 Å². The zero-order chi connectivity index (χ0) is 14.4. The molecule has 3 fully saturated rings. The molecule has 0 amide bonds. The zero-order valence-electron chi connectivity index (χ0n) is 12.2. The molecule has 3 aliphatic rings. The minimum Gasteiger partial charge on any atom is -0.426 e. The minimum atomic E-state index is -0.326. The summed E-state index contributed by atoms with van der Waals surface area (Å²) in [6.45, 7) is 4.01. The Morgan fingerprint density at radius 2 is 1.75 bits per heavy atom. The summed E-state index contributed by atoms with van der Waals surface area (Å²) in [6, 6.07) is 4.62. The molecule has 0 saturated heterocycles. The highest BCUT2D eigenvalue weighted by Crippen LogP contribution is 2.57. The highest BCUT2D eigenvalue weighted by molar-refractivity contribution is 5.79. The first kappa shape index (κ1) is 13.6. The first-order chi connectivity index (χ1) is 9.42. The van der Waals surface area contributed by atoms with E-state index >= 15 is 0 Å². The molecular formula is C17H21FO2. The highest BCUT2D eigenvalue weighted by Gasteiger charge is 2.51. The largest absolute Gasteiger partial charge is 0.426 e. The van der Waals surface area contributed by atoms with Crippen molar-refractivity contribution >= 4 is 5.97 Å². The van der Waals surface area contributed by atoms with Gasteiger partial charge < -0.3 is 4.74 Å². The van der Waals surface area contributed by atoms with Gasteiger partial charge in [0.1, 0.15) is 11.6 Å². The van der Waals surface area contributed by atoms with Gasteiger partial charge in [-0.2, -0.15) is 0 Å². The molecule has 4 rings (SSSR count). The Hall–Kier alpha value is -1.38. The maximum atomic E-state index is 13.5. The molecule has 1 aromatic carbocycles. The Kier molecular flexibility index (Phi) is 3.11. The fourth-order valence-electron chi connectivity index (χ4n) is 3.53. The summed E-state index contributed by atoms with van der Waals surface area (Å²) >= 11 is 0. The molecular weight excluding hydrogens is 255 g/mol. The van der Waals surface area contributed by atoms with E-state index in [-0.39, 0.29) is 17.2 Å². The lowest BCUT2D eigenvalue weighted by Crippen LogP contribution is -2.46. The second kappa shape index (κ2) is 4.57. The number of benzene rings is 1. The van der Waals surface area contributed by atoms with E-state index in [0.717, 1.165) is 38.5 Å². The van der Waals surface area contributed by atoms with Gasteiger partial charge in [0.05, 0.1) is 5.41 Å². The molecule has 0 aliphatic heterocycles. The molecule has 2 bridgehead atoms. The first-order valence-corrected chi connectivity index (χ1v) is 7.41. The molecule has 1 aromatic rings. The number of rotatable bonds is 2. The average molecular weight is 276 g/mol. The topological polar surface area (TPSA) is 26.3 Å². The van der Waals surface area contributed by atoms with E-state index in [1.54, 1.807) is 19.1 Å². The van der Waals surface area contributed by atoms with Gasteiger partial charge in [0.2, 0.25) is 0 Å². The summed E-state index contributed by atoms with van der Waals surface area (Å²) in [7, 11) is 0. The van der Waals surface area contributed by atoms with Gasteiger partial charge in [0.15, 0.2) is 0 Å². The third-order valence-corrected chi connectivity index (χ3v) is 5.41. The normalized spacial score (nSPS) is 32.1. The lowest BCUT2D eigenvalue weighted by atomic mass is 9.54. The van der Waals surface area contributed by atoms with Gasteiger partial charge in [-0.1, -0.05) is 13.0 Å². The van der Waals surface area contributed by atoms with Gasteiger partial charge in [-0.25, -0.2) is 4.39 Å². The molecule has 0 aromatic heterocycles. The third kappa shape index (κ3) is 2.23. The number of halogens is 1. The number of fused-ring (bicyclic) bond motifs is 3. The van der Waals surface area contributed by atoms with Crippen molar-refractivity contribution < 1.29 is 13.9 Å². The van der Waals surface area contributed by atoms with Crippen molar-refractivity contribution in [2.24, 2.45) is 10.8 Å². The SMILES string of the molecule is Cc1ccc(OC(=O)C23CCC(C)(CC2)CC3)cc1F. The van der Waals surface area contributed by atoms with Crippen molar-refractivity contribution in [2.75, 3.05) is 0 Å². The number of hydrogen-bond donors (Lipinski definition) is 0. The van der Waals surface area contributed by atoms with Crippen LogP contribution in [0.25, 0.3) is 0 Å². The summed E-state index contributed by atoms with van der Waals surface area (Å²) < 4.78 is 19.0. The van der Waals surface area contributed by atoms with E-state index in [9.17, 15) is 9.18 Å². The molecule has 20 heavy (non-hydrogen) atoms. The summed E-state index contributed by atoms with van der Waals surface area (Å²) in [6.07, 6.45) is 6.04. The Labute approximate surface area is 119 Å². The Morgan fingerprint density at radius 1 is 1.15 bits per heavy atom. The lowest BCUT2D eigenvalue weighted by Gasteiger charge is -2.50. The van der Waals surface area contributed by atoms with Gasteiger partial charge >= 0.3 is 5.97 Å². The molecule has 3 heteroatoms. The quantitative estimate of drug-likeness (QED) is 0.591. The molecule has 3 saturated carbocycles. The van der Waals surface area contributed by atoms with Crippen LogP contribution in [0.2, 0.25) is 0 Å². The van der Waals surface area contributed by atoms with E-state index in [1.165, 1.54) is 6.07 Å². The molecule has 0 radical (unpaired) electrons. The standard InChI is InChI=1S/C17H21FO2/c1-12-3-4-13(11-14(12)18)20-15(19)17-8-5-16(2,6-9-17)7-10-17/h3-4,11H,5-10H2,1-2H3. The monoisotopic (exact) mass is 276 g/mol. The second-order valence-electron chi connectivity index (χ2n) is 6.89. The molecule has 0 unspecified atom stereocenters. The molecule has 0 N–H and O–H groups in total. The van der Waals surface area contributed by atoms with Crippen molar-refractivity contribution in [1.82, 2.24) is 0 Å². The Morgan fingerprint density at radius 3 is 2.30 bits per heavy atom. The summed E-state index contributed by atoms with van der Waals surface area (Å²) in [5.74, 6) is -0.165. The number of esters is 1. The summed E-state index contributed by atoms with van der Waals surface area (Å²) in [5, 5.41) is 0. The van der Waals surface area contributed by atoms with Gasteiger partial charge in [-0.3, -0.25) is 4.79 Å². The molecule has 3 aliphatic carbocycles. The van der Waals surface area contributed by atoms with Crippen LogP contribution in [0.1, 0.15) is 51.0 Å². The van der Waals surface area contributed by atoms with E-state index < -0.39 is 0 Å². The van der Waals surface area contributed by atoms with Gasteiger partial charge in [0.25, 0.3) is 0 Å². The van der Waals surface area contributed by atoms with Crippen molar-refractivity contribution in [2.45, 2.75) is 52.4 Å². The maximum Gasteiger partial charge on any atom is 0.317 e. The average Bonchev–Trinajstić information content (AvgIpc) is 2.44. The number of carbonyl (C=O) groups is 1. The molecule has 0 atom stereocenters. The van der Waals surface area contributed by atoms with Crippen molar-refractivity contribution in [3.8, 4) is 5.75 Å². The predicted molar refractivity (Wildman–Crippen MR) is 75.0 cm³/mol. The smallest absolute Gasteiger partial charge is 0.317 e. The van der Waals surface area contributed by atoms with Crippen molar-refractivity contribution in [3.05, 3.63) is 29.6 Å². The zero-order valence-corrected chi connectivity index (χ0v) is 12.2. The Balaban J connectivity index is 1.75. The maximum absolute atomic E-state index is 13.5. The Bertz CT molecular complexity index is 525. The van der Waals surface area contributed by atoms with E-state index in [4.69, 9.17) is 4.74 Å². The third-order valence-electron chi connectivity index (χ3n) is 5.41. The molecule has 0 heterocycles. The van der Waals surface area contributed by atoms with Crippen LogP contribution in [0, 0.1) is 23.6 Å². The fourth-order valence-corrected chi connectivity index (χ4v) is 3.53. The highest BCUT2D eigenvalue weighted by atomic mass is 19.1. The van der Waals surface area contributed by atoms with Crippen LogP contribution in [0.15, 0.2) is 18.2 Å².